The minimum absolute atomic E-state index is 0.485. The summed E-state index contributed by atoms with van der Waals surface area (Å²) in [6, 6.07) is 1.32. The summed E-state index contributed by atoms with van der Waals surface area (Å²) in [4.78, 5) is 2.63. The molecule has 0 aromatic heterocycles. The van der Waals surface area contributed by atoms with Gasteiger partial charge in [0.2, 0.25) is 0 Å². The van der Waals surface area contributed by atoms with Crippen molar-refractivity contribution < 1.29 is 4.74 Å². The van der Waals surface area contributed by atoms with Gasteiger partial charge in [-0.3, -0.25) is 4.90 Å². The van der Waals surface area contributed by atoms with Crippen molar-refractivity contribution in [2.24, 2.45) is 0 Å². The number of morpholine rings is 1. The Balaban J connectivity index is 2.01. The largest absolute Gasteiger partial charge is 0.375 e. The van der Waals surface area contributed by atoms with E-state index < -0.39 is 0 Å². The van der Waals surface area contributed by atoms with E-state index >= 15 is 0 Å². The van der Waals surface area contributed by atoms with E-state index in [1.807, 2.05) is 0 Å². The van der Waals surface area contributed by atoms with Gasteiger partial charge >= 0.3 is 0 Å². The Labute approximate surface area is 86.8 Å². The maximum atomic E-state index is 5.83. The van der Waals surface area contributed by atoms with Crippen LogP contribution >= 0.6 is 0 Å². The molecule has 1 N–H and O–H groups in total. The molecule has 0 radical (unpaired) electrons. The van der Waals surface area contributed by atoms with Crippen LogP contribution in [0.2, 0.25) is 0 Å². The summed E-state index contributed by atoms with van der Waals surface area (Å²) in [5.74, 6) is 0. The predicted molar refractivity (Wildman–Crippen MR) is 57.5 cm³/mol. The van der Waals surface area contributed by atoms with Gasteiger partial charge in [-0.2, -0.15) is 0 Å². The van der Waals surface area contributed by atoms with Crippen molar-refractivity contribution in [2.45, 2.75) is 44.9 Å². The molecular formula is C11H22N2O. The zero-order chi connectivity index (χ0) is 9.97. The lowest BCUT2D eigenvalue weighted by atomic mass is 9.98. The minimum Gasteiger partial charge on any atom is -0.375 e. The molecule has 0 saturated carbocycles. The molecule has 2 rings (SSSR count). The van der Waals surface area contributed by atoms with Gasteiger partial charge in [-0.15, -0.1) is 0 Å². The van der Waals surface area contributed by atoms with Gasteiger partial charge in [-0.1, -0.05) is 6.92 Å². The number of hydrogen-bond donors (Lipinski definition) is 1. The molecule has 0 aromatic rings. The minimum atomic E-state index is 0.485. The fourth-order valence-corrected chi connectivity index (χ4v) is 2.60. The molecule has 1 unspecified atom stereocenters. The average Bonchev–Trinajstić information content (AvgIpc) is 2.27. The topological polar surface area (TPSA) is 24.5 Å². The van der Waals surface area contributed by atoms with Crippen molar-refractivity contribution in [3.63, 3.8) is 0 Å². The molecule has 3 heteroatoms. The highest BCUT2D eigenvalue weighted by Gasteiger charge is 2.35. The molecule has 2 aliphatic heterocycles. The van der Waals surface area contributed by atoms with E-state index in [9.17, 15) is 0 Å². The molecule has 0 amide bonds. The van der Waals surface area contributed by atoms with E-state index in [1.54, 1.807) is 0 Å². The number of rotatable bonds is 2. The van der Waals surface area contributed by atoms with Gasteiger partial charge in [-0.25, -0.2) is 0 Å². The molecule has 0 aromatic carbocycles. The summed E-state index contributed by atoms with van der Waals surface area (Å²) < 4.78 is 5.83. The van der Waals surface area contributed by atoms with Crippen LogP contribution in [-0.2, 0) is 4.74 Å². The summed E-state index contributed by atoms with van der Waals surface area (Å²) in [6.07, 6.45) is 2.90. The first-order valence-electron chi connectivity index (χ1n) is 5.91. The van der Waals surface area contributed by atoms with Gasteiger partial charge < -0.3 is 10.1 Å². The Bertz CT molecular complexity index is 182. The fourth-order valence-electron chi connectivity index (χ4n) is 2.60. The highest BCUT2D eigenvalue weighted by Crippen LogP contribution is 2.22. The van der Waals surface area contributed by atoms with E-state index in [-0.39, 0.29) is 0 Å². The van der Waals surface area contributed by atoms with Crippen molar-refractivity contribution >= 4 is 0 Å². The first-order chi connectivity index (χ1) is 6.83. The molecular weight excluding hydrogens is 176 g/mol. The Morgan fingerprint density at radius 1 is 1.57 bits per heavy atom. The van der Waals surface area contributed by atoms with Crippen LogP contribution in [-0.4, -0.2) is 49.3 Å². The third kappa shape index (κ3) is 1.95. The molecule has 2 saturated heterocycles. The lowest BCUT2D eigenvalue weighted by Gasteiger charge is -2.46. The Kier molecular flexibility index (Phi) is 3.42. The smallest absolute Gasteiger partial charge is 0.0755 e. The maximum Gasteiger partial charge on any atom is 0.0755 e. The maximum absolute atomic E-state index is 5.83. The second-order valence-electron chi connectivity index (χ2n) is 4.46. The monoisotopic (exact) mass is 198 g/mol. The molecule has 2 fully saturated rings. The van der Waals surface area contributed by atoms with E-state index in [2.05, 4.69) is 24.1 Å². The van der Waals surface area contributed by atoms with Gasteiger partial charge in [0.15, 0.2) is 0 Å². The van der Waals surface area contributed by atoms with Gasteiger partial charge in [0, 0.05) is 25.2 Å². The number of hydrogen-bond acceptors (Lipinski definition) is 3. The number of nitrogens with one attached hydrogen (secondary N) is 1. The van der Waals surface area contributed by atoms with Crippen molar-refractivity contribution in [3.8, 4) is 0 Å². The zero-order valence-corrected chi connectivity index (χ0v) is 9.33. The van der Waals surface area contributed by atoms with Crippen LogP contribution < -0.4 is 5.32 Å². The molecule has 0 aliphatic carbocycles. The van der Waals surface area contributed by atoms with Crippen LogP contribution in [0.1, 0.15) is 26.7 Å². The van der Waals surface area contributed by atoms with Crippen LogP contribution in [0.4, 0.5) is 0 Å². The summed E-state index contributed by atoms with van der Waals surface area (Å²) in [7, 11) is 0. The van der Waals surface area contributed by atoms with E-state index in [4.69, 9.17) is 4.74 Å². The third-order valence-electron chi connectivity index (χ3n) is 3.65. The number of fused-ring (bicyclic) bond motifs is 1. The van der Waals surface area contributed by atoms with Gasteiger partial charge in [0.1, 0.15) is 0 Å². The summed E-state index contributed by atoms with van der Waals surface area (Å²) in [5.41, 5.74) is 0. The van der Waals surface area contributed by atoms with Crippen LogP contribution in [0.15, 0.2) is 0 Å². The number of ether oxygens (including phenoxy) is 1. The highest BCUT2D eigenvalue weighted by atomic mass is 16.5. The Morgan fingerprint density at radius 3 is 3.21 bits per heavy atom. The van der Waals surface area contributed by atoms with Crippen molar-refractivity contribution in [1.82, 2.24) is 10.2 Å². The van der Waals surface area contributed by atoms with Crippen LogP contribution in [0.5, 0.6) is 0 Å². The zero-order valence-electron chi connectivity index (χ0n) is 9.33. The second kappa shape index (κ2) is 4.60. The SMILES string of the molecule is CCC(C)N1CCO[C@@H]2CCNC[C@@H]21. The summed E-state index contributed by atoms with van der Waals surface area (Å²) >= 11 is 0. The first kappa shape index (κ1) is 10.4. The Morgan fingerprint density at radius 2 is 2.43 bits per heavy atom. The summed E-state index contributed by atoms with van der Waals surface area (Å²) in [6.45, 7) is 8.86. The fraction of sp³-hybridized carbons (Fsp3) is 1.00. The van der Waals surface area contributed by atoms with E-state index in [1.165, 1.54) is 12.8 Å². The van der Waals surface area contributed by atoms with Crippen LogP contribution in [0.3, 0.4) is 0 Å². The standard InChI is InChI=1S/C11H22N2O/c1-3-9(2)13-6-7-14-11-4-5-12-8-10(11)13/h9-12H,3-8H2,1-2H3/t9?,10-,11+/m0/s1. The Hall–Kier alpha value is -0.120. The molecule has 0 spiro atoms. The molecule has 14 heavy (non-hydrogen) atoms. The van der Waals surface area contributed by atoms with Gasteiger partial charge in [0.25, 0.3) is 0 Å². The summed E-state index contributed by atoms with van der Waals surface area (Å²) in [5, 5.41) is 3.47. The molecule has 0 bridgehead atoms. The molecule has 2 heterocycles. The van der Waals surface area contributed by atoms with E-state index in [0.29, 0.717) is 18.2 Å². The highest BCUT2D eigenvalue weighted by molar-refractivity contribution is 4.91. The average molecular weight is 198 g/mol. The third-order valence-corrected chi connectivity index (χ3v) is 3.65. The first-order valence-corrected chi connectivity index (χ1v) is 5.91. The lowest BCUT2D eigenvalue weighted by Crippen LogP contribution is -2.61. The molecule has 3 nitrogen and oxygen atoms in total. The lowest BCUT2D eigenvalue weighted by molar-refractivity contribution is -0.0949. The van der Waals surface area contributed by atoms with Gasteiger partial charge in [0.05, 0.1) is 12.7 Å². The normalized spacial score (nSPS) is 36.4. The van der Waals surface area contributed by atoms with Crippen molar-refractivity contribution in [2.75, 3.05) is 26.2 Å². The van der Waals surface area contributed by atoms with E-state index in [0.717, 1.165) is 26.2 Å². The molecule has 2 aliphatic rings. The van der Waals surface area contributed by atoms with Gasteiger partial charge in [-0.05, 0) is 26.3 Å². The van der Waals surface area contributed by atoms with Crippen LogP contribution in [0, 0.1) is 0 Å². The van der Waals surface area contributed by atoms with Crippen LogP contribution in [0.25, 0.3) is 0 Å². The quantitative estimate of drug-likeness (QED) is 0.712. The predicted octanol–water partition coefficient (Wildman–Crippen LogP) is 0.848. The molecule has 82 valence electrons. The molecule has 3 atom stereocenters. The van der Waals surface area contributed by atoms with Crippen molar-refractivity contribution in [1.29, 1.82) is 0 Å². The number of nitrogens with zero attached hydrogens (tertiary/aromatic N) is 1. The second-order valence-corrected chi connectivity index (χ2v) is 4.46. The number of piperidine rings is 1. The van der Waals surface area contributed by atoms with Crippen molar-refractivity contribution in [3.05, 3.63) is 0 Å².